The first-order chi connectivity index (χ1) is 10.3. The van der Waals surface area contributed by atoms with Gasteiger partial charge in [-0.3, -0.25) is 0 Å². The molecule has 0 aliphatic rings. The van der Waals surface area contributed by atoms with E-state index in [4.69, 9.17) is 10.3 Å². The van der Waals surface area contributed by atoms with Crippen molar-refractivity contribution in [3.8, 4) is 11.4 Å². The lowest BCUT2D eigenvalue weighted by molar-refractivity contribution is 0.379. The van der Waals surface area contributed by atoms with Gasteiger partial charge in [-0.25, -0.2) is 0 Å². The van der Waals surface area contributed by atoms with Crippen molar-refractivity contribution in [2.24, 2.45) is 5.73 Å². The maximum absolute atomic E-state index is 5.59. The van der Waals surface area contributed by atoms with Gasteiger partial charge in [-0.2, -0.15) is 4.98 Å². The molecule has 1 heterocycles. The molecule has 21 heavy (non-hydrogen) atoms. The standard InChI is InChI=1S/C17H17N3O/c18-12-14-6-9-15(10-7-14)17-19-16(21-20-17)11-8-13-4-2-1-3-5-13/h1-7,9-10H,8,11-12,18H2. The molecule has 2 aromatic carbocycles. The molecule has 0 bridgehead atoms. The first kappa shape index (κ1) is 13.5. The molecule has 0 spiro atoms. The molecule has 3 aromatic rings. The Hall–Kier alpha value is -2.46. The molecule has 2 N–H and O–H groups in total. The van der Waals surface area contributed by atoms with Crippen LogP contribution in [0.3, 0.4) is 0 Å². The molecule has 3 rings (SSSR count). The number of hydrogen-bond acceptors (Lipinski definition) is 4. The number of aromatic nitrogens is 2. The molecule has 1 aromatic heterocycles. The molecule has 4 heteroatoms. The fraction of sp³-hybridized carbons (Fsp3) is 0.176. The highest BCUT2D eigenvalue weighted by molar-refractivity contribution is 5.54. The molecule has 0 amide bonds. The fourth-order valence-corrected chi connectivity index (χ4v) is 2.16. The molecule has 0 aliphatic carbocycles. The summed E-state index contributed by atoms with van der Waals surface area (Å²) in [4.78, 5) is 4.44. The van der Waals surface area contributed by atoms with E-state index in [0.29, 0.717) is 18.3 Å². The van der Waals surface area contributed by atoms with E-state index in [1.807, 2.05) is 42.5 Å². The predicted molar refractivity (Wildman–Crippen MR) is 81.5 cm³/mol. The monoisotopic (exact) mass is 279 g/mol. The summed E-state index contributed by atoms with van der Waals surface area (Å²) in [5, 5.41) is 4.04. The molecule has 0 atom stereocenters. The van der Waals surface area contributed by atoms with Gasteiger partial charge in [0.15, 0.2) is 0 Å². The highest BCUT2D eigenvalue weighted by Gasteiger charge is 2.08. The van der Waals surface area contributed by atoms with E-state index in [0.717, 1.165) is 24.0 Å². The second-order valence-corrected chi connectivity index (χ2v) is 4.90. The number of nitrogens with two attached hydrogens (primary N) is 1. The molecule has 0 saturated heterocycles. The Labute approximate surface area is 123 Å². The van der Waals surface area contributed by atoms with Crippen molar-refractivity contribution in [2.75, 3.05) is 0 Å². The molecular weight excluding hydrogens is 262 g/mol. The van der Waals surface area contributed by atoms with Crippen LogP contribution < -0.4 is 5.73 Å². The van der Waals surface area contributed by atoms with Gasteiger partial charge < -0.3 is 10.3 Å². The molecule has 0 fully saturated rings. The first-order valence-electron chi connectivity index (χ1n) is 7.01. The Morgan fingerprint density at radius 1 is 0.857 bits per heavy atom. The zero-order valence-electron chi connectivity index (χ0n) is 11.7. The summed E-state index contributed by atoms with van der Waals surface area (Å²) in [6, 6.07) is 18.2. The summed E-state index contributed by atoms with van der Waals surface area (Å²) in [6.45, 7) is 0.537. The minimum absolute atomic E-state index is 0.537. The van der Waals surface area contributed by atoms with E-state index >= 15 is 0 Å². The molecule has 106 valence electrons. The van der Waals surface area contributed by atoms with E-state index < -0.39 is 0 Å². The van der Waals surface area contributed by atoms with Gasteiger partial charge in [0.1, 0.15) is 0 Å². The summed E-state index contributed by atoms with van der Waals surface area (Å²) in [5.41, 5.74) is 8.89. The average Bonchev–Trinajstić information content (AvgIpc) is 3.03. The summed E-state index contributed by atoms with van der Waals surface area (Å²) < 4.78 is 5.31. The summed E-state index contributed by atoms with van der Waals surface area (Å²) in [5.74, 6) is 1.29. The predicted octanol–water partition coefficient (Wildman–Crippen LogP) is 2.98. The second kappa shape index (κ2) is 6.33. The van der Waals surface area contributed by atoms with Gasteiger partial charge in [0.2, 0.25) is 11.7 Å². The van der Waals surface area contributed by atoms with Gasteiger partial charge in [0, 0.05) is 18.5 Å². The van der Waals surface area contributed by atoms with Gasteiger partial charge in [0.25, 0.3) is 0 Å². The van der Waals surface area contributed by atoms with Crippen LogP contribution in [-0.2, 0) is 19.4 Å². The van der Waals surface area contributed by atoms with Gasteiger partial charge in [-0.15, -0.1) is 0 Å². The Balaban J connectivity index is 1.68. The first-order valence-corrected chi connectivity index (χ1v) is 7.01. The zero-order chi connectivity index (χ0) is 14.5. The van der Waals surface area contributed by atoms with Crippen LogP contribution in [0.25, 0.3) is 11.4 Å². The number of nitrogens with zero attached hydrogens (tertiary/aromatic N) is 2. The van der Waals surface area contributed by atoms with Crippen LogP contribution in [0.2, 0.25) is 0 Å². The quantitative estimate of drug-likeness (QED) is 0.779. The minimum Gasteiger partial charge on any atom is -0.339 e. The van der Waals surface area contributed by atoms with E-state index in [9.17, 15) is 0 Å². The maximum Gasteiger partial charge on any atom is 0.227 e. The summed E-state index contributed by atoms with van der Waals surface area (Å²) in [6.07, 6.45) is 1.65. The SMILES string of the molecule is NCc1ccc(-c2noc(CCc3ccccc3)n2)cc1. The number of aryl methyl sites for hydroxylation is 2. The van der Waals surface area contributed by atoms with Crippen LogP contribution in [0.1, 0.15) is 17.0 Å². The van der Waals surface area contributed by atoms with Gasteiger partial charge in [-0.05, 0) is 17.5 Å². The van der Waals surface area contributed by atoms with Crippen molar-refractivity contribution in [2.45, 2.75) is 19.4 Å². The molecule has 4 nitrogen and oxygen atoms in total. The van der Waals surface area contributed by atoms with Gasteiger partial charge in [0.05, 0.1) is 0 Å². The summed E-state index contributed by atoms with van der Waals surface area (Å²) in [7, 11) is 0. The molecule has 0 saturated carbocycles. The van der Waals surface area contributed by atoms with Crippen molar-refractivity contribution in [3.63, 3.8) is 0 Å². The molecular formula is C17H17N3O. The van der Waals surface area contributed by atoms with Crippen LogP contribution >= 0.6 is 0 Å². The van der Waals surface area contributed by atoms with Crippen molar-refractivity contribution in [3.05, 3.63) is 71.6 Å². The van der Waals surface area contributed by atoms with Crippen LogP contribution in [0, 0.1) is 0 Å². The highest BCUT2D eigenvalue weighted by Crippen LogP contribution is 2.17. The van der Waals surface area contributed by atoms with E-state index in [2.05, 4.69) is 22.3 Å². The average molecular weight is 279 g/mol. The lowest BCUT2D eigenvalue weighted by Crippen LogP contribution is -1.95. The van der Waals surface area contributed by atoms with Crippen LogP contribution in [0.4, 0.5) is 0 Å². The lowest BCUT2D eigenvalue weighted by Gasteiger charge is -1.97. The van der Waals surface area contributed by atoms with Gasteiger partial charge >= 0.3 is 0 Å². The summed E-state index contributed by atoms with van der Waals surface area (Å²) >= 11 is 0. The van der Waals surface area contributed by atoms with Crippen LogP contribution in [0.15, 0.2) is 59.1 Å². The van der Waals surface area contributed by atoms with Crippen molar-refractivity contribution in [1.29, 1.82) is 0 Å². The zero-order valence-corrected chi connectivity index (χ0v) is 11.7. The Bertz CT molecular complexity index is 690. The van der Waals surface area contributed by atoms with Crippen molar-refractivity contribution in [1.82, 2.24) is 10.1 Å². The third-order valence-electron chi connectivity index (χ3n) is 3.39. The Morgan fingerprint density at radius 3 is 2.33 bits per heavy atom. The third-order valence-corrected chi connectivity index (χ3v) is 3.39. The van der Waals surface area contributed by atoms with E-state index in [1.165, 1.54) is 5.56 Å². The lowest BCUT2D eigenvalue weighted by atomic mass is 10.1. The van der Waals surface area contributed by atoms with Crippen molar-refractivity contribution >= 4 is 0 Å². The molecule has 0 radical (unpaired) electrons. The number of benzene rings is 2. The normalized spacial score (nSPS) is 10.7. The topological polar surface area (TPSA) is 64.9 Å². The fourth-order valence-electron chi connectivity index (χ4n) is 2.16. The molecule has 0 unspecified atom stereocenters. The number of hydrogen-bond donors (Lipinski definition) is 1. The van der Waals surface area contributed by atoms with Gasteiger partial charge in [-0.1, -0.05) is 59.8 Å². The van der Waals surface area contributed by atoms with E-state index in [-0.39, 0.29) is 0 Å². The van der Waals surface area contributed by atoms with Crippen LogP contribution in [-0.4, -0.2) is 10.1 Å². The number of rotatable bonds is 5. The Morgan fingerprint density at radius 2 is 1.62 bits per heavy atom. The minimum atomic E-state index is 0.537. The van der Waals surface area contributed by atoms with Crippen LogP contribution in [0.5, 0.6) is 0 Å². The molecule has 0 aliphatic heterocycles. The highest BCUT2D eigenvalue weighted by atomic mass is 16.5. The largest absolute Gasteiger partial charge is 0.339 e. The third kappa shape index (κ3) is 3.35. The second-order valence-electron chi connectivity index (χ2n) is 4.90. The smallest absolute Gasteiger partial charge is 0.227 e. The van der Waals surface area contributed by atoms with Crippen molar-refractivity contribution < 1.29 is 4.52 Å². The maximum atomic E-state index is 5.59. The Kier molecular flexibility index (Phi) is 4.07. The van der Waals surface area contributed by atoms with E-state index in [1.54, 1.807) is 0 Å².